The second-order valence-electron chi connectivity index (χ2n) is 7.75. The second kappa shape index (κ2) is 6.20. The summed E-state index contributed by atoms with van der Waals surface area (Å²) in [6, 6.07) is 6.32. The second-order valence-corrected chi connectivity index (χ2v) is 7.75. The number of hydrogen-bond acceptors (Lipinski definition) is 4. The number of halogens is 1. The number of ether oxygens (including phenoxy) is 1. The average Bonchev–Trinajstić information content (AvgIpc) is 3.17. The van der Waals surface area contributed by atoms with Crippen molar-refractivity contribution in [3.63, 3.8) is 0 Å². The summed E-state index contributed by atoms with van der Waals surface area (Å²) in [4.78, 5) is 0. The Morgan fingerprint density at radius 1 is 1.30 bits per heavy atom. The van der Waals surface area contributed by atoms with Crippen LogP contribution < -0.4 is 4.74 Å². The highest BCUT2D eigenvalue weighted by molar-refractivity contribution is 5.67. The highest BCUT2D eigenvalue weighted by atomic mass is 19.1. The topological polar surface area (TPSA) is 65.1 Å². The van der Waals surface area contributed by atoms with E-state index in [0.717, 1.165) is 17.1 Å². The quantitative estimate of drug-likeness (QED) is 0.766. The lowest BCUT2D eigenvalue weighted by atomic mass is 9.97. The van der Waals surface area contributed by atoms with Gasteiger partial charge < -0.3 is 9.84 Å². The maximum Gasteiger partial charge on any atom is 0.212 e. The van der Waals surface area contributed by atoms with Crippen LogP contribution in [0.2, 0.25) is 0 Å². The molecule has 0 spiro atoms. The van der Waals surface area contributed by atoms with Gasteiger partial charge in [0.05, 0.1) is 24.0 Å². The Kier molecular flexibility index (Phi) is 4.07. The van der Waals surface area contributed by atoms with E-state index in [1.807, 2.05) is 37.8 Å². The van der Waals surface area contributed by atoms with Crippen molar-refractivity contribution in [1.29, 1.82) is 0 Å². The first-order valence-electron chi connectivity index (χ1n) is 8.98. The molecule has 1 aliphatic rings. The number of hydrogen-bond donors (Lipinski definition) is 1. The minimum atomic E-state index is -0.720. The molecule has 6 nitrogen and oxygen atoms in total. The van der Waals surface area contributed by atoms with Gasteiger partial charge in [-0.15, -0.1) is 0 Å². The molecule has 3 heterocycles. The van der Waals surface area contributed by atoms with Crippen molar-refractivity contribution in [2.24, 2.45) is 7.05 Å². The molecule has 2 aromatic heterocycles. The summed E-state index contributed by atoms with van der Waals surface area (Å²) in [5.74, 6) is 0.401. The molecule has 142 valence electrons. The van der Waals surface area contributed by atoms with Gasteiger partial charge in [-0.3, -0.25) is 4.68 Å². The van der Waals surface area contributed by atoms with E-state index in [2.05, 4.69) is 10.2 Å². The third-order valence-corrected chi connectivity index (χ3v) is 4.70. The molecule has 0 amide bonds. The zero-order valence-electron chi connectivity index (χ0n) is 15.9. The van der Waals surface area contributed by atoms with E-state index >= 15 is 0 Å². The van der Waals surface area contributed by atoms with Crippen molar-refractivity contribution in [2.45, 2.75) is 45.4 Å². The van der Waals surface area contributed by atoms with E-state index in [1.54, 1.807) is 17.7 Å². The molecule has 1 aromatic carbocycles. The summed E-state index contributed by atoms with van der Waals surface area (Å²) in [5, 5.41) is 19.2. The van der Waals surface area contributed by atoms with Gasteiger partial charge in [-0.1, -0.05) is 6.07 Å². The largest absolute Gasteiger partial charge is 0.470 e. The SMILES string of the molecule is C[C@@H](O)c1ccc(F)cc1-c1nn(C)cc1Cc1cc2n(n1)CC(C)(C)O2. The molecule has 27 heavy (non-hydrogen) atoms. The van der Waals surface area contributed by atoms with E-state index < -0.39 is 6.10 Å². The van der Waals surface area contributed by atoms with Crippen LogP contribution in [0.4, 0.5) is 4.39 Å². The van der Waals surface area contributed by atoms with Gasteiger partial charge in [0.25, 0.3) is 0 Å². The fraction of sp³-hybridized carbons (Fsp3) is 0.400. The molecule has 0 unspecified atom stereocenters. The Morgan fingerprint density at radius 3 is 2.78 bits per heavy atom. The Balaban J connectivity index is 1.71. The molecule has 0 saturated carbocycles. The van der Waals surface area contributed by atoms with Gasteiger partial charge in [0, 0.05) is 36.9 Å². The first kappa shape index (κ1) is 17.7. The Morgan fingerprint density at radius 2 is 2.07 bits per heavy atom. The molecule has 1 aliphatic heterocycles. The molecule has 0 saturated heterocycles. The minimum absolute atomic E-state index is 0.242. The van der Waals surface area contributed by atoms with Crippen LogP contribution in [0, 0.1) is 5.82 Å². The molecule has 0 aliphatic carbocycles. The van der Waals surface area contributed by atoms with E-state index in [9.17, 15) is 9.50 Å². The Hall–Kier alpha value is -2.67. The molecule has 0 radical (unpaired) electrons. The monoisotopic (exact) mass is 370 g/mol. The average molecular weight is 370 g/mol. The van der Waals surface area contributed by atoms with Gasteiger partial charge in [0.1, 0.15) is 11.4 Å². The summed E-state index contributed by atoms with van der Waals surface area (Å²) >= 11 is 0. The van der Waals surface area contributed by atoms with Crippen LogP contribution >= 0.6 is 0 Å². The van der Waals surface area contributed by atoms with Crippen LogP contribution in [0.5, 0.6) is 5.88 Å². The lowest BCUT2D eigenvalue weighted by molar-refractivity contribution is 0.135. The highest BCUT2D eigenvalue weighted by Gasteiger charge is 2.31. The van der Waals surface area contributed by atoms with Crippen molar-refractivity contribution < 1.29 is 14.2 Å². The van der Waals surface area contributed by atoms with Crippen LogP contribution in [-0.2, 0) is 20.0 Å². The van der Waals surface area contributed by atoms with Gasteiger partial charge >= 0.3 is 0 Å². The molecule has 1 N–H and O–H groups in total. The first-order chi connectivity index (χ1) is 12.7. The molecule has 0 fully saturated rings. The van der Waals surface area contributed by atoms with Gasteiger partial charge in [-0.25, -0.2) is 9.07 Å². The van der Waals surface area contributed by atoms with Crippen LogP contribution in [0.25, 0.3) is 11.3 Å². The molecule has 3 aromatic rings. The fourth-order valence-corrected chi connectivity index (χ4v) is 3.59. The fourth-order valence-electron chi connectivity index (χ4n) is 3.59. The van der Waals surface area contributed by atoms with Crippen molar-refractivity contribution in [2.75, 3.05) is 0 Å². The zero-order valence-corrected chi connectivity index (χ0v) is 15.9. The number of nitrogens with zero attached hydrogens (tertiary/aromatic N) is 4. The predicted molar refractivity (Wildman–Crippen MR) is 99.0 cm³/mol. The van der Waals surface area contributed by atoms with Gasteiger partial charge in [0.15, 0.2) is 0 Å². The summed E-state index contributed by atoms with van der Waals surface area (Å²) in [7, 11) is 1.83. The van der Waals surface area contributed by atoms with E-state index in [-0.39, 0.29) is 11.4 Å². The first-order valence-corrected chi connectivity index (χ1v) is 8.98. The van der Waals surface area contributed by atoms with Gasteiger partial charge in [-0.2, -0.15) is 10.2 Å². The number of fused-ring (bicyclic) bond motifs is 1. The van der Waals surface area contributed by atoms with Gasteiger partial charge in [-0.05, 0) is 38.5 Å². The molecule has 1 atom stereocenters. The van der Waals surface area contributed by atoms with Crippen LogP contribution in [0.3, 0.4) is 0 Å². The van der Waals surface area contributed by atoms with Crippen molar-refractivity contribution in [1.82, 2.24) is 19.6 Å². The Bertz CT molecular complexity index is 978. The van der Waals surface area contributed by atoms with Crippen LogP contribution in [-0.4, -0.2) is 30.3 Å². The number of rotatable bonds is 4. The minimum Gasteiger partial charge on any atom is -0.470 e. The van der Waals surface area contributed by atoms with Gasteiger partial charge in [0.2, 0.25) is 5.88 Å². The summed E-state index contributed by atoms with van der Waals surface area (Å²) in [6.07, 6.45) is 1.73. The normalized spacial score (nSPS) is 16.2. The maximum atomic E-state index is 13.9. The van der Waals surface area contributed by atoms with Crippen molar-refractivity contribution in [3.8, 4) is 17.1 Å². The Labute approximate surface area is 157 Å². The number of aliphatic hydroxyl groups excluding tert-OH is 1. The lowest BCUT2D eigenvalue weighted by Gasteiger charge is -2.15. The summed E-state index contributed by atoms with van der Waals surface area (Å²) in [6.45, 7) is 6.43. The van der Waals surface area contributed by atoms with Crippen LogP contribution in [0.1, 0.15) is 43.7 Å². The number of benzene rings is 1. The standard InChI is InChI=1S/C20H23FN4O2/c1-12(26)16-6-5-14(21)8-17(16)19-13(10-24(4)23-19)7-15-9-18-25(22-15)11-20(2,3)27-18/h5-6,8-10,12,26H,7,11H2,1-4H3/t12-/m1/s1. The molecule has 4 rings (SSSR count). The predicted octanol–water partition coefficient (Wildman–Crippen LogP) is 3.24. The van der Waals surface area contributed by atoms with E-state index in [1.165, 1.54) is 12.1 Å². The molecule has 7 heteroatoms. The third kappa shape index (κ3) is 3.35. The third-order valence-electron chi connectivity index (χ3n) is 4.70. The number of aryl methyl sites for hydroxylation is 1. The highest BCUT2D eigenvalue weighted by Crippen LogP contribution is 2.33. The number of aromatic nitrogens is 4. The summed E-state index contributed by atoms with van der Waals surface area (Å²) < 4.78 is 23.4. The smallest absolute Gasteiger partial charge is 0.212 e. The maximum absolute atomic E-state index is 13.9. The molecular formula is C20H23FN4O2. The van der Waals surface area contributed by atoms with Crippen molar-refractivity contribution >= 4 is 0 Å². The zero-order chi connectivity index (χ0) is 19.3. The molecular weight excluding hydrogens is 347 g/mol. The van der Waals surface area contributed by atoms with Crippen LogP contribution in [0.15, 0.2) is 30.5 Å². The lowest BCUT2D eigenvalue weighted by Crippen LogP contribution is -2.26. The number of aliphatic hydroxyl groups is 1. The van der Waals surface area contributed by atoms with E-state index in [0.29, 0.717) is 29.8 Å². The molecule has 0 bridgehead atoms. The van der Waals surface area contributed by atoms with E-state index in [4.69, 9.17) is 4.74 Å². The summed E-state index contributed by atoms with van der Waals surface area (Å²) in [5.41, 5.74) is 3.44. The van der Waals surface area contributed by atoms with Crippen molar-refractivity contribution in [3.05, 3.63) is 53.1 Å².